The summed E-state index contributed by atoms with van der Waals surface area (Å²) in [6, 6.07) is 0. The van der Waals surface area contributed by atoms with Crippen LogP contribution in [-0.2, 0) is 9.47 Å². The zero-order valence-corrected chi connectivity index (χ0v) is 10.1. The second-order valence-electron chi connectivity index (χ2n) is 4.05. The Balaban J connectivity index is 2.85. The van der Waals surface area contributed by atoms with Crippen molar-refractivity contribution < 1.29 is 9.47 Å². The monoisotopic (exact) mass is 202 g/mol. The summed E-state index contributed by atoms with van der Waals surface area (Å²) < 4.78 is 10.8. The van der Waals surface area contributed by atoms with E-state index < -0.39 is 0 Å². The van der Waals surface area contributed by atoms with Crippen molar-refractivity contribution >= 4 is 0 Å². The quantitative estimate of drug-likeness (QED) is 0.506. The third-order valence-corrected chi connectivity index (χ3v) is 2.12. The first kappa shape index (κ1) is 13.9. The van der Waals surface area contributed by atoms with E-state index in [1.54, 1.807) is 0 Å². The number of rotatable bonds is 10. The van der Waals surface area contributed by atoms with Gasteiger partial charge in [0.1, 0.15) is 0 Å². The van der Waals surface area contributed by atoms with Gasteiger partial charge in [0.05, 0.1) is 0 Å². The van der Waals surface area contributed by atoms with Gasteiger partial charge in [-0.3, -0.25) is 0 Å². The standard InChI is InChI=1S/C12H26O2/c1-4-13-9-6-5-7-10-14-11-8-12(2)3/h12H,4-11H2,1-3H3. The molecular weight excluding hydrogens is 176 g/mol. The van der Waals surface area contributed by atoms with Crippen LogP contribution in [0.1, 0.15) is 46.5 Å². The molecule has 0 saturated carbocycles. The third kappa shape index (κ3) is 11.9. The third-order valence-electron chi connectivity index (χ3n) is 2.12. The molecule has 0 bridgehead atoms. The highest BCUT2D eigenvalue weighted by Crippen LogP contribution is 2.01. The average molecular weight is 202 g/mol. The van der Waals surface area contributed by atoms with Crippen molar-refractivity contribution in [2.45, 2.75) is 46.5 Å². The van der Waals surface area contributed by atoms with Crippen LogP contribution in [0, 0.1) is 5.92 Å². The van der Waals surface area contributed by atoms with Crippen molar-refractivity contribution in [1.82, 2.24) is 0 Å². The van der Waals surface area contributed by atoms with Crippen LogP contribution < -0.4 is 0 Å². The molecule has 0 spiro atoms. The first-order chi connectivity index (χ1) is 6.77. The zero-order chi connectivity index (χ0) is 10.6. The van der Waals surface area contributed by atoms with Crippen LogP contribution >= 0.6 is 0 Å². The van der Waals surface area contributed by atoms with Crippen molar-refractivity contribution in [3.63, 3.8) is 0 Å². The molecular formula is C12H26O2. The summed E-state index contributed by atoms with van der Waals surface area (Å²) in [4.78, 5) is 0. The Labute approximate surface area is 89.0 Å². The zero-order valence-electron chi connectivity index (χ0n) is 10.1. The van der Waals surface area contributed by atoms with Crippen LogP contribution in [0.5, 0.6) is 0 Å². The van der Waals surface area contributed by atoms with E-state index in [0.717, 1.165) is 32.3 Å². The van der Waals surface area contributed by atoms with Crippen LogP contribution in [0.3, 0.4) is 0 Å². The molecule has 0 aromatic carbocycles. The molecule has 0 N–H and O–H groups in total. The molecule has 0 heterocycles. The Hall–Kier alpha value is -0.0800. The number of hydrogen-bond donors (Lipinski definition) is 0. The van der Waals surface area contributed by atoms with Crippen LogP contribution in [0.25, 0.3) is 0 Å². The van der Waals surface area contributed by atoms with E-state index in [9.17, 15) is 0 Å². The molecule has 0 aliphatic rings. The minimum Gasteiger partial charge on any atom is -0.382 e. The lowest BCUT2D eigenvalue weighted by Gasteiger charge is -2.06. The van der Waals surface area contributed by atoms with Gasteiger partial charge in [0.15, 0.2) is 0 Å². The molecule has 0 radical (unpaired) electrons. The van der Waals surface area contributed by atoms with E-state index in [0.29, 0.717) is 0 Å². The lowest BCUT2D eigenvalue weighted by Crippen LogP contribution is -2.01. The summed E-state index contributed by atoms with van der Waals surface area (Å²) in [5.41, 5.74) is 0. The molecule has 14 heavy (non-hydrogen) atoms. The molecule has 2 nitrogen and oxygen atoms in total. The highest BCUT2D eigenvalue weighted by atomic mass is 16.5. The fraction of sp³-hybridized carbons (Fsp3) is 1.00. The maximum Gasteiger partial charge on any atom is 0.0468 e. The topological polar surface area (TPSA) is 18.5 Å². The summed E-state index contributed by atoms with van der Waals surface area (Å²) in [5, 5.41) is 0. The van der Waals surface area contributed by atoms with Gasteiger partial charge in [0, 0.05) is 26.4 Å². The highest BCUT2D eigenvalue weighted by molar-refractivity contribution is 4.44. The molecule has 0 fully saturated rings. The Morgan fingerprint density at radius 2 is 1.50 bits per heavy atom. The molecule has 0 aromatic heterocycles. The second kappa shape index (κ2) is 11.0. The summed E-state index contributed by atoms with van der Waals surface area (Å²) in [6.07, 6.45) is 4.74. The first-order valence-corrected chi connectivity index (χ1v) is 5.92. The maximum atomic E-state index is 5.51. The van der Waals surface area contributed by atoms with Gasteiger partial charge < -0.3 is 9.47 Å². The summed E-state index contributed by atoms with van der Waals surface area (Å²) in [6.45, 7) is 10.1. The van der Waals surface area contributed by atoms with E-state index >= 15 is 0 Å². The molecule has 0 aliphatic heterocycles. The predicted octanol–water partition coefficient (Wildman–Crippen LogP) is 3.26. The molecule has 0 aromatic rings. The van der Waals surface area contributed by atoms with Gasteiger partial charge in [-0.15, -0.1) is 0 Å². The van der Waals surface area contributed by atoms with Crippen molar-refractivity contribution in [3.8, 4) is 0 Å². The Bertz CT molecular complexity index is 102. The summed E-state index contributed by atoms with van der Waals surface area (Å²) in [5.74, 6) is 0.757. The van der Waals surface area contributed by atoms with E-state index in [4.69, 9.17) is 9.47 Å². The van der Waals surface area contributed by atoms with E-state index in [2.05, 4.69) is 13.8 Å². The van der Waals surface area contributed by atoms with Crippen LogP contribution in [0.4, 0.5) is 0 Å². The van der Waals surface area contributed by atoms with Crippen molar-refractivity contribution in [3.05, 3.63) is 0 Å². The summed E-state index contributed by atoms with van der Waals surface area (Å²) >= 11 is 0. The lowest BCUT2D eigenvalue weighted by atomic mass is 10.1. The molecule has 0 atom stereocenters. The fourth-order valence-electron chi connectivity index (χ4n) is 1.15. The second-order valence-corrected chi connectivity index (χ2v) is 4.05. The number of unbranched alkanes of at least 4 members (excludes halogenated alkanes) is 2. The maximum absolute atomic E-state index is 5.51. The molecule has 0 saturated heterocycles. The minimum atomic E-state index is 0.757. The van der Waals surface area contributed by atoms with Crippen LogP contribution in [-0.4, -0.2) is 26.4 Å². The largest absolute Gasteiger partial charge is 0.382 e. The number of hydrogen-bond acceptors (Lipinski definition) is 2. The predicted molar refractivity (Wildman–Crippen MR) is 60.6 cm³/mol. The summed E-state index contributed by atoms with van der Waals surface area (Å²) in [7, 11) is 0. The molecule has 0 unspecified atom stereocenters. The Morgan fingerprint density at radius 1 is 0.857 bits per heavy atom. The normalized spacial score (nSPS) is 11.1. The number of ether oxygens (including phenoxy) is 2. The fourth-order valence-corrected chi connectivity index (χ4v) is 1.15. The Kier molecular flexibility index (Phi) is 10.9. The van der Waals surface area contributed by atoms with Crippen LogP contribution in [0.15, 0.2) is 0 Å². The molecule has 0 rings (SSSR count). The first-order valence-electron chi connectivity index (χ1n) is 5.92. The van der Waals surface area contributed by atoms with Gasteiger partial charge in [0.25, 0.3) is 0 Å². The van der Waals surface area contributed by atoms with Crippen molar-refractivity contribution in [2.24, 2.45) is 5.92 Å². The molecule has 0 aliphatic carbocycles. The van der Waals surface area contributed by atoms with Crippen molar-refractivity contribution in [1.29, 1.82) is 0 Å². The molecule has 2 heteroatoms. The van der Waals surface area contributed by atoms with E-state index in [-0.39, 0.29) is 0 Å². The minimum absolute atomic E-state index is 0.757. The van der Waals surface area contributed by atoms with Crippen LogP contribution in [0.2, 0.25) is 0 Å². The van der Waals surface area contributed by atoms with Gasteiger partial charge in [0.2, 0.25) is 0 Å². The smallest absolute Gasteiger partial charge is 0.0468 e. The molecule has 0 amide bonds. The lowest BCUT2D eigenvalue weighted by molar-refractivity contribution is 0.112. The SMILES string of the molecule is CCOCCCCCOCCC(C)C. The van der Waals surface area contributed by atoms with E-state index in [1.165, 1.54) is 25.7 Å². The average Bonchev–Trinajstić information content (AvgIpc) is 2.15. The Morgan fingerprint density at radius 3 is 2.07 bits per heavy atom. The highest BCUT2D eigenvalue weighted by Gasteiger charge is 1.94. The molecule has 86 valence electrons. The van der Waals surface area contributed by atoms with Crippen molar-refractivity contribution in [2.75, 3.05) is 26.4 Å². The van der Waals surface area contributed by atoms with Gasteiger partial charge in [-0.25, -0.2) is 0 Å². The van der Waals surface area contributed by atoms with Gasteiger partial charge in [-0.2, -0.15) is 0 Å². The van der Waals surface area contributed by atoms with Gasteiger partial charge in [-0.1, -0.05) is 13.8 Å². The van der Waals surface area contributed by atoms with Gasteiger partial charge >= 0.3 is 0 Å². The van der Waals surface area contributed by atoms with E-state index in [1.807, 2.05) is 6.92 Å². The van der Waals surface area contributed by atoms with Gasteiger partial charge in [-0.05, 0) is 38.5 Å².